The summed E-state index contributed by atoms with van der Waals surface area (Å²) >= 11 is 0. The van der Waals surface area contributed by atoms with Crippen LogP contribution in [0.25, 0.3) is 0 Å². The molecular weight excluding hydrogens is 328 g/mol. The second kappa shape index (κ2) is 6.61. The van der Waals surface area contributed by atoms with Crippen molar-refractivity contribution in [3.8, 4) is 0 Å². The molecule has 0 fully saturated rings. The molecule has 0 aliphatic heterocycles. The Bertz CT molecular complexity index is 629. The minimum Gasteiger partial charge on any atom is -0.287 e. The van der Waals surface area contributed by atoms with Crippen LogP contribution < -0.4 is 4.72 Å². The molecule has 0 saturated carbocycles. The van der Waals surface area contributed by atoms with Crippen LogP contribution >= 0.6 is 0 Å². The molecule has 1 rings (SSSR count). The maximum atomic E-state index is 12.7. The molecule has 0 bridgehead atoms. The van der Waals surface area contributed by atoms with Crippen molar-refractivity contribution in [1.29, 1.82) is 0 Å². The number of hydrogen-bond acceptors (Lipinski definition) is 4. The largest absolute Gasteiger partial charge is 0.401 e. The fourth-order valence-electron chi connectivity index (χ4n) is 1.51. The Kier molecular flexibility index (Phi) is 5.52. The van der Waals surface area contributed by atoms with Gasteiger partial charge in [0.15, 0.2) is 0 Å². The zero-order valence-electron chi connectivity index (χ0n) is 11.7. The molecule has 0 aliphatic rings. The number of rotatable bonds is 5. The Morgan fingerprint density at radius 1 is 1.27 bits per heavy atom. The maximum absolute atomic E-state index is 12.7. The average molecular weight is 342 g/mol. The van der Waals surface area contributed by atoms with Crippen LogP contribution in [-0.4, -0.2) is 45.0 Å². The van der Waals surface area contributed by atoms with E-state index in [1.54, 1.807) is 4.72 Å². The highest BCUT2D eigenvalue weighted by molar-refractivity contribution is 7.90. The lowest BCUT2D eigenvalue weighted by atomic mass is 10.3. The minimum absolute atomic E-state index is 0.368. The molecule has 22 heavy (non-hydrogen) atoms. The summed E-state index contributed by atoms with van der Waals surface area (Å²) in [7, 11) is -3.23. The number of halogens is 4. The molecule has 1 atom stereocenters. The highest BCUT2D eigenvalue weighted by atomic mass is 32.2. The second-order valence-electron chi connectivity index (χ2n) is 4.63. The first kappa shape index (κ1) is 18.4. The van der Waals surface area contributed by atoms with Gasteiger partial charge in [-0.3, -0.25) is 9.69 Å². The summed E-state index contributed by atoms with van der Waals surface area (Å²) in [5.74, 6) is -1.78. The van der Waals surface area contributed by atoms with Crippen LogP contribution in [0.1, 0.15) is 6.92 Å². The normalized spacial score (nSPS) is 14.0. The number of hydrogen-bond donors (Lipinski definition) is 1. The van der Waals surface area contributed by atoms with E-state index in [-0.39, 0.29) is 4.90 Å². The van der Waals surface area contributed by atoms with Crippen LogP contribution in [0.5, 0.6) is 0 Å². The van der Waals surface area contributed by atoms with Gasteiger partial charge in [-0.05, 0) is 38.2 Å². The molecular formula is C12H14F4N2O3S. The van der Waals surface area contributed by atoms with E-state index < -0.39 is 40.5 Å². The SMILES string of the molecule is C[C@@H](C(=O)NS(=O)(=O)c1ccc(F)cc1)N(C)CC(F)(F)F. The van der Waals surface area contributed by atoms with Gasteiger partial charge in [-0.25, -0.2) is 17.5 Å². The first-order valence-corrected chi connectivity index (χ1v) is 7.50. The van der Waals surface area contributed by atoms with Crippen LogP contribution in [0, 0.1) is 5.82 Å². The number of carbonyl (C=O) groups is 1. The molecule has 0 heterocycles. The molecule has 1 aromatic rings. The van der Waals surface area contributed by atoms with E-state index in [0.717, 1.165) is 38.2 Å². The summed E-state index contributed by atoms with van der Waals surface area (Å²) < 4.78 is 74.9. The quantitative estimate of drug-likeness (QED) is 0.824. The predicted molar refractivity (Wildman–Crippen MR) is 69.9 cm³/mol. The topological polar surface area (TPSA) is 66.5 Å². The van der Waals surface area contributed by atoms with Crippen molar-refractivity contribution in [3.05, 3.63) is 30.1 Å². The number of amides is 1. The summed E-state index contributed by atoms with van der Waals surface area (Å²) in [6.45, 7) is -0.223. The maximum Gasteiger partial charge on any atom is 0.401 e. The standard InChI is InChI=1S/C12H14F4N2O3S/c1-8(18(2)7-12(14,15)16)11(19)17-22(20,21)10-5-3-9(13)4-6-10/h3-6,8H,7H2,1-2H3,(H,17,19)/t8-/m0/s1. The highest BCUT2D eigenvalue weighted by Gasteiger charge is 2.33. The van der Waals surface area contributed by atoms with Gasteiger partial charge < -0.3 is 0 Å². The predicted octanol–water partition coefficient (Wildman–Crippen LogP) is 1.51. The fourth-order valence-corrected chi connectivity index (χ4v) is 2.56. The Hall–Kier alpha value is -1.68. The molecule has 1 amide bonds. The second-order valence-corrected chi connectivity index (χ2v) is 6.31. The Balaban J connectivity index is 2.80. The molecule has 0 aromatic heterocycles. The highest BCUT2D eigenvalue weighted by Crippen LogP contribution is 2.17. The molecule has 10 heteroatoms. The van der Waals surface area contributed by atoms with E-state index in [9.17, 15) is 30.8 Å². The van der Waals surface area contributed by atoms with Gasteiger partial charge in [0, 0.05) is 0 Å². The van der Waals surface area contributed by atoms with Gasteiger partial charge >= 0.3 is 6.18 Å². The third-order valence-corrected chi connectivity index (χ3v) is 4.19. The van der Waals surface area contributed by atoms with Crippen LogP contribution in [0.3, 0.4) is 0 Å². The van der Waals surface area contributed by atoms with Gasteiger partial charge in [0.1, 0.15) is 5.82 Å². The van der Waals surface area contributed by atoms with Crippen molar-refractivity contribution >= 4 is 15.9 Å². The number of sulfonamides is 1. The minimum atomic E-state index is -4.51. The van der Waals surface area contributed by atoms with Crippen molar-refractivity contribution in [2.45, 2.75) is 24.0 Å². The van der Waals surface area contributed by atoms with Crippen LogP contribution in [0.4, 0.5) is 17.6 Å². The number of nitrogens with one attached hydrogen (secondary N) is 1. The number of likely N-dealkylation sites (N-methyl/N-ethyl adjacent to an activating group) is 1. The first-order valence-electron chi connectivity index (χ1n) is 6.01. The third kappa shape index (κ3) is 5.26. The first-order chi connectivity index (χ1) is 9.92. The van der Waals surface area contributed by atoms with E-state index in [1.807, 2.05) is 0 Å². The van der Waals surface area contributed by atoms with Gasteiger partial charge in [0.05, 0.1) is 17.5 Å². The summed E-state index contributed by atoms with van der Waals surface area (Å²) in [4.78, 5) is 12.0. The van der Waals surface area contributed by atoms with E-state index in [0.29, 0.717) is 4.90 Å². The van der Waals surface area contributed by atoms with Crippen LogP contribution in [-0.2, 0) is 14.8 Å². The molecule has 0 unspecified atom stereocenters. The smallest absolute Gasteiger partial charge is 0.287 e. The monoisotopic (exact) mass is 342 g/mol. The molecule has 0 radical (unpaired) electrons. The van der Waals surface area contributed by atoms with E-state index in [2.05, 4.69) is 0 Å². The summed E-state index contributed by atoms with van der Waals surface area (Å²) in [6, 6.07) is 2.33. The molecule has 0 spiro atoms. The van der Waals surface area contributed by atoms with E-state index >= 15 is 0 Å². The van der Waals surface area contributed by atoms with Crippen molar-refractivity contribution in [1.82, 2.24) is 9.62 Å². The lowest BCUT2D eigenvalue weighted by molar-refractivity contribution is -0.150. The molecule has 1 aromatic carbocycles. The molecule has 0 saturated heterocycles. The summed E-state index contributed by atoms with van der Waals surface area (Å²) in [5, 5.41) is 0. The molecule has 124 valence electrons. The zero-order chi connectivity index (χ0) is 17.1. The summed E-state index contributed by atoms with van der Waals surface area (Å²) in [5.41, 5.74) is 0. The van der Waals surface area contributed by atoms with Gasteiger partial charge in [0.25, 0.3) is 15.9 Å². The van der Waals surface area contributed by atoms with Crippen molar-refractivity contribution in [3.63, 3.8) is 0 Å². The Morgan fingerprint density at radius 3 is 2.23 bits per heavy atom. The number of benzene rings is 1. The van der Waals surface area contributed by atoms with Crippen molar-refractivity contribution in [2.75, 3.05) is 13.6 Å². The average Bonchev–Trinajstić information content (AvgIpc) is 2.35. The lowest BCUT2D eigenvalue weighted by Crippen LogP contribution is -2.47. The van der Waals surface area contributed by atoms with Crippen LogP contribution in [0.2, 0.25) is 0 Å². The number of carbonyl (C=O) groups excluding carboxylic acids is 1. The number of nitrogens with zero attached hydrogens (tertiary/aromatic N) is 1. The van der Waals surface area contributed by atoms with Gasteiger partial charge in [-0.1, -0.05) is 0 Å². The van der Waals surface area contributed by atoms with E-state index in [1.165, 1.54) is 0 Å². The summed E-state index contributed by atoms with van der Waals surface area (Å²) in [6.07, 6.45) is -4.51. The Morgan fingerprint density at radius 2 is 1.77 bits per heavy atom. The van der Waals surface area contributed by atoms with Crippen LogP contribution in [0.15, 0.2) is 29.2 Å². The fraction of sp³-hybridized carbons (Fsp3) is 0.417. The zero-order valence-corrected chi connectivity index (χ0v) is 12.5. The Labute approximate surface area is 125 Å². The third-order valence-electron chi connectivity index (χ3n) is 2.83. The van der Waals surface area contributed by atoms with Crippen molar-refractivity contribution < 1.29 is 30.8 Å². The van der Waals surface area contributed by atoms with Gasteiger partial charge in [-0.2, -0.15) is 13.2 Å². The van der Waals surface area contributed by atoms with Gasteiger partial charge in [0.2, 0.25) is 0 Å². The van der Waals surface area contributed by atoms with Gasteiger partial charge in [-0.15, -0.1) is 0 Å². The van der Waals surface area contributed by atoms with E-state index in [4.69, 9.17) is 0 Å². The molecule has 5 nitrogen and oxygen atoms in total. The number of alkyl halides is 3. The van der Waals surface area contributed by atoms with Crippen molar-refractivity contribution in [2.24, 2.45) is 0 Å². The molecule has 1 N–H and O–H groups in total. The lowest BCUT2D eigenvalue weighted by Gasteiger charge is -2.24. The molecule has 0 aliphatic carbocycles.